The lowest BCUT2D eigenvalue weighted by Gasteiger charge is -2.14. The van der Waals surface area contributed by atoms with Crippen LogP contribution in [0.25, 0.3) is 11.0 Å². The zero-order valence-corrected chi connectivity index (χ0v) is 11.0. The molecule has 5 nitrogen and oxygen atoms in total. The van der Waals surface area contributed by atoms with E-state index in [1.807, 2.05) is 18.2 Å². The van der Waals surface area contributed by atoms with E-state index in [4.69, 9.17) is 5.73 Å². The van der Waals surface area contributed by atoms with Crippen LogP contribution in [0.2, 0.25) is 0 Å². The first kappa shape index (κ1) is 12.0. The molecule has 1 amide bonds. The first-order valence-electron chi connectivity index (χ1n) is 6.72. The maximum Gasteiger partial charge on any atom is 0.222 e. The molecule has 5 heteroatoms. The number of aromatic nitrogens is 2. The minimum atomic E-state index is 0.116. The maximum absolute atomic E-state index is 11.4. The number of aryl methyl sites for hydroxylation is 1. The van der Waals surface area contributed by atoms with Crippen LogP contribution in [-0.2, 0) is 11.2 Å². The van der Waals surface area contributed by atoms with Crippen molar-refractivity contribution in [1.29, 1.82) is 0 Å². The Kier molecular flexibility index (Phi) is 2.89. The first-order valence-corrected chi connectivity index (χ1v) is 6.72. The largest absolute Gasteiger partial charge is 0.399 e. The Hall–Kier alpha value is -2.04. The molecule has 2 heterocycles. The molecule has 1 aromatic heterocycles. The number of rotatable bonds is 3. The van der Waals surface area contributed by atoms with Gasteiger partial charge in [-0.1, -0.05) is 6.92 Å². The van der Waals surface area contributed by atoms with Gasteiger partial charge in [0.05, 0.1) is 17.1 Å². The summed E-state index contributed by atoms with van der Waals surface area (Å²) in [6.07, 6.45) is 2.48. The van der Waals surface area contributed by atoms with Gasteiger partial charge in [-0.15, -0.1) is 0 Å². The molecule has 1 atom stereocenters. The number of nitrogen functional groups attached to an aromatic ring is 1. The van der Waals surface area contributed by atoms with Crippen molar-refractivity contribution in [2.24, 2.45) is 0 Å². The molecule has 0 aliphatic carbocycles. The van der Waals surface area contributed by atoms with Gasteiger partial charge < -0.3 is 15.6 Å². The van der Waals surface area contributed by atoms with Crippen LogP contribution in [0.15, 0.2) is 18.2 Å². The van der Waals surface area contributed by atoms with Gasteiger partial charge >= 0.3 is 0 Å². The molecule has 1 saturated heterocycles. The molecule has 3 rings (SSSR count). The molecule has 2 aromatic rings. The Bertz CT molecular complexity index is 632. The lowest BCUT2D eigenvalue weighted by atomic mass is 10.2. The van der Waals surface area contributed by atoms with Crippen molar-refractivity contribution < 1.29 is 4.79 Å². The summed E-state index contributed by atoms with van der Waals surface area (Å²) in [5.74, 6) is 1.16. The van der Waals surface area contributed by atoms with E-state index < -0.39 is 0 Å². The first-order chi connectivity index (χ1) is 9.19. The van der Waals surface area contributed by atoms with Gasteiger partial charge in [0.2, 0.25) is 5.91 Å². The van der Waals surface area contributed by atoms with Gasteiger partial charge in [-0.3, -0.25) is 4.79 Å². The third-order valence-corrected chi connectivity index (χ3v) is 3.58. The number of carbonyl (C=O) groups excluding carboxylic acids is 1. The number of benzene rings is 1. The van der Waals surface area contributed by atoms with E-state index in [0.717, 1.165) is 35.4 Å². The van der Waals surface area contributed by atoms with Crippen LogP contribution in [0.1, 0.15) is 31.6 Å². The second-order valence-electron chi connectivity index (χ2n) is 5.06. The van der Waals surface area contributed by atoms with E-state index >= 15 is 0 Å². The molecule has 0 bridgehead atoms. The van der Waals surface area contributed by atoms with Crippen LogP contribution < -0.4 is 11.1 Å². The van der Waals surface area contributed by atoms with E-state index in [1.165, 1.54) is 0 Å². The highest BCUT2D eigenvalue weighted by Gasteiger charge is 2.26. The van der Waals surface area contributed by atoms with Crippen molar-refractivity contribution in [3.05, 3.63) is 24.0 Å². The number of carbonyl (C=O) groups is 1. The fraction of sp³-hybridized carbons (Fsp3) is 0.429. The third-order valence-electron chi connectivity index (χ3n) is 3.58. The van der Waals surface area contributed by atoms with E-state index in [9.17, 15) is 4.79 Å². The Labute approximate surface area is 111 Å². The summed E-state index contributed by atoms with van der Waals surface area (Å²) in [4.78, 5) is 16.1. The molecule has 0 radical (unpaired) electrons. The summed E-state index contributed by atoms with van der Waals surface area (Å²) in [5, 5.41) is 2.89. The molecule has 1 aromatic carbocycles. The normalized spacial score (nSPS) is 19.0. The molecule has 1 unspecified atom stereocenters. The Balaban J connectivity index is 2.13. The second kappa shape index (κ2) is 4.57. The number of amides is 1. The second-order valence-corrected chi connectivity index (χ2v) is 5.06. The number of hydrogen-bond acceptors (Lipinski definition) is 3. The average Bonchev–Trinajstić information content (AvgIpc) is 2.92. The highest BCUT2D eigenvalue weighted by Crippen LogP contribution is 2.27. The van der Waals surface area contributed by atoms with Gasteiger partial charge in [0.25, 0.3) is 0 Å². The number of hydrogen-bond donors (Lipinski definition) is 2. The highest BCUT2D eigenvalue weighted by atomic mass is 16.1. The molecule has 0 spiro atoms. The van der Waals surface area contributed by atoms with Crippen LogP contribution in [-0.4, -0.2) is 22.0 Å². The van der Waals surface area contributed by atoms with Gasteiger partial charge in [0.15, 0.2) is 0 Å². The fourth-order valence-electron chi connectivity index (χ4n) is 2.75. The maximum atomic E-state index is 11.4. The summed E-state index contributed by atoms with van der Waals surface area (Å²) in [7, 11) is 0. The van der Waals surface area contributed by atoms with Crippen LogP contribution >= 0.6 is 0 Å². The quantitative estimate of drug-likeness (QED) is 0.822. The summed E-state index contributed by atoms with van der Waals surface area (Å²) in [6.45, 7) is 2.82. The summed E-state index contributed by atoms with van der Waals surface area (Å²) >= 11 is 0. The molecule has 19 heavy (non-hydrogen) atoms. The van der Waals surface area contributed by atoms with E-state index in [0.29, 0.717) is 13.0 Å². The lowest BCUT2D eigenvalue weighted by molar-refractivity contribution is -0.119. The predicted octanol–water partition coefficient (Wildman–Crippen LogP) is 1.63. The van der Waals surface area contributed by atoms with Crippen LogP contribution in [0.5, 0.6) is 0 Å². The van der Waals surface area contributed by atoms with Crippen LogP contribution in [0.3, 0.4) is 0 Å². The number of nitrogens with one attached hydrogen (secondary N) is 1. The fourth-order valence-corrected chi connectivity index (χ4v) is 2.75. The molecular weight excluding hydrogens is 240 g/mol. The number of nitrogens with zero attached hydrogens (tertiary/aromatic N) is 2. The van der Waals surface area contributed by atoms with Gasteiger partial charge in [-0.2, -0.15) is 0 Å². The Morgan fingerprint density at radius 1 is 1.53 bits per heavy atom. The summed E-state index contributed by atoms with van der Waals surface area (Å²) in [6, 6.07) is 5.96. The van der Waals surface area contributed by atoms with Gasteiger partial charge in [-0.05, 0) is 24.6 Å². The van der Waals surface area contributed by atoms with Crippen molar-refractivity contribution in [3.63, 3.8) is 0 Å². The van der Waals surface area contributed by atoms with Crippen LogP contribution in [0.4, 0.5) is 5.69 Å². The zero-order chi connectivity index (χ0) is 13.4. The number of anilines is 1. The van der Waals surface area contributed by atoms with E-state index in [2.05, 4.69) is 21.8 Å². The monoisotopic (exact) mass is 258 g/mol. The minimum Gasteiger partial charge on any atom is -0.399 e. The van der Waals surface area contributed by atoms with Gasteiger partial charge in [-0.25, -0.2) is 4.98 Å². The molecule has 0 saturated carbocycles. The van der Waals surface area contributed by atoms with E-state index in [1.54, 1.807) is 0 Å². The Morgan fingerprint density at radius 3 is 3.05 bits per heavy atom. The zero-order valence-electron chi connectivity index (χ0n) is 11.0. The van der Waals surface area contributed by atoms with E-state index in [-0.39, 0.29) is 11.9 Å². The van der Waals surface area contributed by atoms with Crippen molar-refractivity contribution >= 4 is 22.6 Å². The molecule has 100 valence electrons. The number of nitrogens with two attached hydrogens (primary N) is 1. The number of imidazole rings is 1. The summed E-state index contributed by atoms with van der Waals surface area (Å²) < 4.78 is 2.20. The highest BCUT2D eigenvalue weighted by molar-refractivity contribution is 5.82. The molecule has 1 fully saturated rings. The number of fused-ring (bicyclic) bond motifs is 1. The topological polar surface area (TPSA) is 72.9 Å². The van der Waals surface area contributed by atoms with Crippen molar-refractivity contribution in [3.8, 4) is 0 Å². The smallest absolute Gasteiger partial charge is 0.222 e. The third kappa shape index (κ3) is 2.05. The average molecular weight is 258 g/mol. The van der Waals surface area contributed by atoms with Crippen molar-refractivity contribution in [2.45, 2.75) is 32.2 Å². The van der Waals surface area contributed by atoms with Crippen molar-refractivity contribution in [1.82, 2.24) is 14.9 Å². The molecule has 1 aliphatic rings. The predicted molar refractivity (Wildman–Crippen MR) is 74.8 cm³/mol. The SMILES string of the molecule is CCCc1nc2cc(N)ccc2n1C1CNC(=O)C1. The van der Waals surface area contributed by atoms with Crippen molar-refractivity contribution in [2.75, 3.05) is 12.3 Å². The molecular formula is C14H18N4O. The van der Waals surface area contributed by atoms with Gasteiger partial charge in [0, 0.05) is 25.1 Å². The molecule has 3 N–H and O–H groups in total. The van der Waals surface area contributed by atoms with Crippen LogP contribution in [0, 0.1) is 0 Å². The standard InChI is InChI=1S/C14H18N4O/c1-2-3-13-17-11-6-9(15)4-5-12(11)18(13)10-7-14(19)16-8-10/h4-6,10H,2-3,7-8,15H2,1H3,(H,16,19). The lowest BCUT2D eigenvalue weighted by Crippen LogP contribution is -2.16. The summed E-state index contributed by atoms with van der Waals surface area (Å²) in [5.41, 5.74) is 8.53. The van der Waals surface area contributed by atoms with Gasteiger partial charge in [0.1, 0.15) is 5.82 Å². The molecule has 1 aliphatic heterocycles. The minimum absolute atomic E-state index is 0.116. The Morgan fingerprint density at radius 2 is 2.37 bits per heavy atom.